The minimum atomic E-state index is -3.81. The molecular formula is C17H13ClN4O3S2. The Morgan fingerprint density at radius 2 is 1.89 bits per heavy atom. The maximum Gasteiger partial charge on any atom is 0.264 e. The summed E-state index contributed by atoms with van der Waals surface area (Å²) in [5.74, 6) is 0.684. The molecule has 2 aromatic carbocycles. The molecule has 0 aliphatic carbocycles. The van der Waals surface area contributed by atoms with Gasteiger partial charge in [-0.2, -0.15) is 4.98 Å². The van der Waals surface area contributed by atoms with Gasteiger partial charge in [0, 0.05) is 16.0 Å². The van der Waals surface area contributed by atoms with E-state index in [-0.39, 0.29) is 10.8 Å². The molecule has 0 amide bonds. The summed E-state index contributed by atoms with van der Waals surface area (Å²) in [4.78, 5) is 4.89. The van der Waals surface area contributed by atoms with Crippen molar-refractivity contribution in [3.8, 4) is 17.0 Å². The molecule has 0 fully saturated rings. The number of halogens is 1. The number of benzene rings is 2. The molecule has 0 unspecified atom stereocenters. The van der Waals surface area contributed by atoms with Crippen LogP contribution in [0, 0.1) is 0 Å². The van der Waals surface area contributed by atoms with E-state index in [4.69, 9.17) is 16.3 Å². The topological polar surface area (TPSA) is 85.6 Å². The summed E-state index contributed by atoms with van der Waals surface area (Å²) in [5, 5.41) is 6.64. The van der Waals surface area contributed by atoms with Gasteiger partial charge in [0.25, 0.3) is 16.0 Å². The van der Waals surface area contributed by atoms with E-state index in [9.17, 15) is 8.42 Å². The van der Waals surface area contributed by atoms with Crippen LogP contribution >= 0.6 is 22.9 Å². The van der Waals surface area contributed by atoms with Gasteiger partial charge in [-0.3, -0.25) is 0 Å². The minimum Gasteiger partial charge on any atom is -0.496 e. The zero-order chi connectivity index (χ0) is 19.0. The Bertz CT molecular complexity index is 1220. The number of hydrogen-bond donors (Lipinski definition) is 1. The summed E-state index contributed by atoms with van der Waals surface area (Å²) >= 11 is 7.16. The van der Waals surface area contributed by atoms with E-state index in [2.05, 4.69) is 14.8 Å². The molecule has 2 aromatic heterocycles. The molecule has 0 bridgehead atoms. The third-order valence-electron chi connectivity index (χ3n) is 3.81. The fraction of sp³-hybridized carbons (Fsp3) is 0.0588. The Morgan fingerprint density at radius 1 is 1.15 bits per heavy atom. The lowest BCUT2D eigenvalue weighted by atomic mass is 10.1. The maximum absolute atomic E-state index is 12.5. The molecular weight excluding hydrogens is 408 g/mol. The Hall–Kier alpha value is -2.62. The average molecular weight is 421 g/mol. The standard InChI is InChI=1S/C17H13ClN4O3S2/c1-25-15-5-3-2-4-13(15)14-10-26-17-19-16(20-22(14)17)21-27(23,24)12-8-6-11(18)7-9-12/h2-10H,1H3,(H,20,21). The molecule has 0 spiro atoms. The molecule has 2 heterocycles. The summed E-state index contributed by atoms with van der Waals surface area (Å²) in [6.07, 6.45) is 0. The van der Waals surface area contributed by atoms with Crippen molar-refractivity contribution >= 4 is 43.9 Å². The molecule has 0 aliphatic heterocycles. The van der Waals surface area contributed by atoms with Crippen molar-refractivity contribution in [3.05, 3.63) is 58.9 Å². The average Bonchev–Trinajstić information content (AvgIpc) is 3.21. The van der Waals surface area contributed by atoms with Crippen LogP contribution in [0.15, 0.2) is 58.8 Å². The zero-order valence-electron chi connectivity index (χ0n) is 14.0. The highest BCUT2D eigenvalue weighted by molar-refractivity contribution is 7.92. The fourth-order valence-corrected chi connectivity index (χ4v) is 4.45. The number of thiazole rings is 1. The van der Waals surface area contributed by atoms with Gasteiger partial charge in [-0.15, -0.1) is 16.4 Å². The Labute approximate surface area is 164 Å². The third-order valence-corrected chi connectivity index (χ3v) is 6.23. The second-order valence-corrected chi connectivity index (χ2v) is 8.47. The van der Waals surface area contributed by atoms with Crippen LogP contribution in [-0.4, -0.2) is 30.1 Å². The molecule has 0 radical (unpaired) electrons. The van der Waals surface area contributed by atoms with Crippen LogP contribution in [0.3, 0.4) is 0 Å². The number of ether oxygens (including phenoxy) is 1. The monoisotopic (exact) mass is 420 g/mol. The molecule has 10 heteroatoms. The van der Waals surface area contributed by atoms with Crippen LogP contribution in [0.25, 0.3) is 16.2 Å². The highest BCUT2D eigenvalue weighted by atomic mass is 35.5. The number of methoxy groups -OCH3 is 1. The van der Waals surface area contributed by atoms with E-state index in [1.807, 2.05) is 29.6 Å². The van der Waals surface area contributed by atoms with E-state index in [1.54, 1.807) is 11.6 Å². The van der Waals surface area contributed by atoms with E-state index < -0.39 is 10.0 Å². The Balaban J connectivity index is 1.71. The highest BCUT2D eigenvalue weighted by Crippen LogP contribution is 2.32. The molecule has 27 heavy (non-hydrogen) atoms. The molecule has 0 saturated carbocycles. The summed E-state index contributed by atoms with van der Waals surface area (Å²) in [6, 6.07) is 13.4. The van der Waals surface area contributed by atoms with Crippen LogP contribution in [-0.2, 0) is 10.0 Å². The third kappa shape index (κ3) is 3.36. The lowest BCUT2D eigenvalue weighted by Gasteiger charge is -2.06. The first-order valence-electron chi connectivity index (χ1n) is 7.74. The number of fused-ring (bicyclic) bond motifs is 1. The van der Waals surface area contributed by atoms with Gasteiger partial charge >= 0.3 is 0 Å². The van der Waals surface area contributed by atoms with Crippen LogP contribution in [0.5, 0.6) is 5.75 Å². The van der Waals surface area contributed by atoms with Crippen LogP contribution in [0.4, 0.5) is 5.95 Å². The van der Waals surface area contributed by atoms with Crippen molar-refractivity contribution in [2.24, 2.45) is 0 Å². The van der Waals surface area contributed by atoms with Crippen molar-refractivity contribution in [3.63, 3.8) is 0 Å². The van der Waals surface area contributed by atoms with Gasteiger partial charge in [0.1, 0.15) is 5.75 Å². The SMILES string of the molecule is COc1ccccc1-c1csc2nc(NS(=O)(=O)c3ccc(Cl)cc3)nn12. The number of nitrogens with zero attached hydrogens (tertiary/aromatic N) is 3. The van der Waals surface area contributed by atoms with Gasteiger partial charge in [-0.05, 0) is 36.4 Å². The second kappa shape index (κ2) is 6.84. The first-order valence-corrected chi connectivity index (χ1v) is 10.5. The van der Waals surface area contributed by atoms with Crippen molar-refractivity contribution in [2.45, 2.75) is 4.90 Å². The van der Waals surface area contributed by atoms with Crippen molar-refractivity contribution in [1.82, 2.24) is 14.6 Å². The van der Waals surface area contributed by atoms with Gasteiger partial charge in [0.05, 0.1) is 17.7 Å². The van der Waals surface area contributed by atoms with Gasteiger partial charge in [0.2, 0.25) is 4.96 Å². The normalized spacial score (nSPS) is 11.6. The molecule has 4 rings (SSSR count). The minimum absolute atomic E-state index is 0.00653. The molecule has 4 aromatic rings. The Morgan fingerprint density at radius 3 is 2.63 bits per heavy atom. The van der Waals surface area contributed by atoms with E-state index in [1.165, 1.54) is 35.6 Å². The number of hydrogen-bond acceptors (Lipinski definition) is 6. The number of para-hydroxylation sites is 1. The molecule has 0 atom stereocenters. The largest absolute Gasteiger partial charge is 0.496 e. The van der Waals surface area contributed by atoms with Gasteiger partial charge < -0.3 is 4.74 Å². The zero-order valence-corrected chi connectivity index (χ0v) is 16.3. The first kappa shape index (κ1) is 17.8. The van der Waals surface area contributed by atoms with E-state index in [0.717, 1.165) is 11.3 Å². The number of rotatable bonds is 5. The molecule has 7 nitrogen and oxygen atoms in total. The van der Waals surface area contributed by atoms with Crippen molar-refractivity contribution < 1.29 is 13.2 Å². The fourth-order valence-electron chi connectivity index (χ4n) is 2.56. The van der Waals surface area contributed by atoms with E-state index >= 15 is 0 Å². The summed E-state index contributed by atoms with van der Waals surface area (Å²) in [7, 11) is -2.22. The molecule has 138 valence electrons. The lowest BCUT2D eigenvalue weighted by Crippen LogP contribution is -2.14. The van der Waals surface area contributed by atoms with Gasteiger partial charge in [0.15, 0.2) is 0 Å². The number of sulfonamides is 1. The molecule has 0 aliphatic rings. The van der Waals surface area contributed by atoms with Gasteiger partial charge in [-0.25, -0.2) is 17.7 Å². The maximum atomic E-state index is 12.5. The Kier molecular flexibility index (Phi) is 4.50. The summed E-state index contributed by atoms with van der Waals surface area (Å²) in [6.45, 7) is 0. The summed E-state index contributed by atoms with van der Waals surface area (Å²) in [5.41, 5.74) is 1.60. The smallest absolute Gasteiger partial charge is 0.264 e. The second-order valence-electron chi connectivity index (χ2n) is 5.51. The van der Waals surface area contributed by atoms with Crippen molar-refractivity contribution in [2.75, 3.05) is 11.8 Å². The van der Waals surface area contributed by atoms with Crippen molar-refractivity contribution in [1.29, 1.82) is 0 Å². The highest BCUT2D eigenvalue weighted by Gasteiger charge is 2.19. The lowest BCUT2D eigenvalue weighted by molar-refractivity contribution is 0.416. The predicted molar refractivity (Wildman–Crippen MR) is 105 cm³/mol. The number of anilines is 1. The number of aromatic nitrogens is 3. The first-order chi connectivity index (χ1) is 13.0. The molecule has 0 saturated heterocycles. The quantitative estimate of drug-likeness (QED) is 0.528. The van der Waals surface area contributed by atoms with Crippen LogP contribution < -0.4 is 9.46 Å². The van der Waals surface area contributed by atoms with E-state index in [0.29, 0.717) is 15.7 Å². The van der Waals surface area contributed by atoms with Crippen LogP contribution in [0.2, 0.25) is 5.02 Å². The molecule has 1 N–H and O–H groups in total. The van der Waals surface area contributed by atoms with Gasteiger partial charge in [-0.1, -0.05) is 23.7 Å². The number of nitrogens with one attached hydrogen (secondary N) is 1. The summed E-state index contributed by atoms with van der Waals surface area (Å²) < 4.78 is 34.4. The predicted octanol–water partition coefficient (Wildman–Crippen LogP) is 3.92. The van der Waals surface area contributed by atoms with Crippen LogP contribution in [0.1, 0.15) is 0 Å².